The molecule has 0 saturated heterocycles. The van der Waals surface area contributed by atoms with Crippen molar-refractivity contribution in [2.24, 2.45) is 10.7 Å². The molecule has 0 heterocycles. The molecule has 0 fully saturated rings. The van der Waals surface area contributed by atoms with Gasteiger partial charge in [-0.05, 0) is 65.7 Å². The predicted octanol–water partition coefficient (Wildman–Crippen LogP) is 3.28. The van der Waals surface area contributed by atoms with Crippen molar-refractivity contribution in [3.63, 3.8) is 0 Å². The van der Waals surface area contributed by atoms with Gasteiger partial charge in [0, 0.05) is 17.8 Å². The molecule has 4 N–H and O–H groups in total. The molecule has 0 aliphatic carbocycles. The van der Waals surface area contributed by atoms with Crippen LogP contribution in [0.25, 0.3) is 0 Å². The second kappa shape index (κ2) is 8.04. The molecule has 134 valence electrons. The number of amides is 1. The highest BCUT2D eigenvalue weighted by Crippen LogP contribution is 2.13. The zero-order chi connectivity index (χ0) is 18.4. The minimum absolute atomic E-state index is 0.0947. The predicted molar refractivity (Wildman–Crippen MR) is 99.4 cm³/mol. The van der Waals surface area contributed by atoms with E-state index in [1.54, 1.807) is 0 Å². The maximum Gasteiger partial charge on any atom is 0.412 e. The molecule has 0 aliphatic heterocycles. The van der Waals surface area contributed by atoms with Crippen LogP contribution in [0, 0.1) is 0 Å². The first-order valence-corrected chi connectivity index (χ1v) is 8.12. The van der Waals surface area contributed by atoms with Gasteiger partial charge in [-0.25, -0.2) is 4.79 Å². The van der Waals surface area contributed by atoms with E-state index in [9.17, 15) is 4.79 Å². The summed E-state index contributed by atoms with van der Waals surface area (Å²) in [5.41, 5.74) is 7.05. The van der Waals surface area contributed by atoms with E-state index in [1.807, 2.05) is 65.8 Å². The number of hydrogen-bond donors (Lipinski definition) is 3. The van der Waals surface area contributed by atoms with Gasteiger partial charge in [0.1, 0.15) is 5.60 Å². The third-order valence-corrected chi connectivity index (χ3v) is 2.78. The Labute approximate surface area is 144 Å². The van der Waals surface area contributed by atoms with Gasteiger partial charge in [-0.1, -0.05) is 12.1 Å². The summed E-state index contributed by atoms with van der Waals surface area (Å²) in [6.45, 7) is 12.2. The summed E-state index contributed by atoms with van der Waals surface area (Å²) in [6, 6.07) is 7.60. The number of anilines is 1. The molecule has 1 aromatic rings. The number of carbonyl (C=O) groups excluding carboxylic acids is 1. The summed E-state index contributed by atoms with van der Waals surface area (Å²) in [5.74, 6) is 0.450. The van der Waals surface area contributed by atoms with Crippen molar-refractivity contribution in [2.75, 3.05) is 11.9 Å². The van der Waals surface area contributed by atoms with Crippen LogP contribution in [0.1, 0.15) is 47.1 Å². The summed E-state index contributed by atoms with van der Waals surface area (Å²) in [4.78, 5) is 16.0. The molecule has 0 aromatic heterocycles. The SMILES string of the molecule is CC(C)(C)NC(N)=NCCc1ccc(NC(=O)OC(C)(C)C)cc1. The molecule has 0 spiro atoms. The van der Waals surface area contributed by atoms with Gasteiger partial charge in [0.2, 0.25) is 0 Å². The van der Waals surface area contributed by atoms with Gasteiger partial charge >= 0.3 is 6.09 Å². The fourth-order valence-electron chi connectivity index (χ4n) is 1.91. The molecule has 1 amide bonds. The molecule has 0 bridgehead atoms. The summed E-state index contributed by atoms with van der Waals surface area (Å²) >= 11 is 0. The van der Waals surface area contributed by atoms with E-state index < -0.39 is 11.7 Å². The van der Waals surface area contributed by atoms with Crippen molar-refractivity contribution < 1.29 is 9.53 Å². The normalized spacial score (nSPS) is 12.7. The van der Waals surface area contributed by atoms with Gasteiger partial charge in [-0.15, -0.1) is 0 Å². The Morgan fingerprint density at radius 1 is 1.12 bits per heavy atom. The highest BCUT2D eigenvalue weighted by Gasteiger charge is 2.16. The maximum atomic E-state index is 11.7. The monoisotopic (exact) mass is 334 g/mol. The average Bonchev–Trinajstić information content (AvgIpc) is 2.36. The lowest BCUT2D eigenvalue weighted by molar-refractivity contribution is 0.0636. The molecule has 6 heteroatoms. The zero-order valence-electron chi connectivity index (χ0n) is 15.6. The van der Waals surface area contributed by atoms with Crippen LogP contribution in [0.2, 0.25) is 0 Å². The maximum absolute atomic E-state index is 11.7. The Kier molecular flexibility index (Phi) is 6.63. The number of guanidine groups is 1. The van der Waals surface area contributed by atoms with Crippen molar-refractivity contribution in [1.82, 2.24) is 5.32 Å². The Bertz CT molecular complexity index is 566. The number of nitrogens with zero attached hydrogens (tertiary/aromatic N) is 1. The number of nitrogens with one attached hydrogen (secondary N) is 2. The molecule has 0 unspecified atom stereocenters. The minimum atomic E-state index is -0.511. The molecule has 0 saturated carbocycles. The fourth-order valence-corrected chi connectivity index (χ4v) is 1.91. The van der Waals surface area contributed by atoms with Gasteiger partial charge < -0.3 is 15.8 Å². The van der Waals surface area contributed by atoms with Crippen LogP contribution in [0.3, 0.4) is 0 Å². The number of carbonyl (C=O) groups is 1. The first-order valence-electron chi connectivity index (χ1n) is 8.12. The van der Waals surface area contributed by atoms with Gasteiger partial charge in [0.05, 0.1) is 0 Å². The third-order valence-electron chi connectivity index (χ3n) is 2.78. The first kappa shape index (κ1) is 19.8. The second-order valence-corrected chi connectivity index (χ2v) is 7.72. The van der Waals surface area contributed by atoms with Gasteiger partial charge in [-0.3, -0.25) is 10.3 Å². The van der Waals surface area contributed by atoms with E-state index in [0.717, 1.165) is 12.0 Å². The van der Waals surface area contributed by atoms with Crippen molar-refractivity contribution in [3.05, 3.63) is 29.8 Å². The zero-order valence-corrected chi connectivity index (χ0v) is 15.6. The van der Waals surface area contributed by atoms with Crippen LogP contribution in [0.15, 0.2) is 29.3 Å². The van der Waals surface area contributed by atoms with Crippen molar-refractivity contribution in [1.29, 1.82) is 0 Å². The lowest BCUT2D eigenvalue weighted by Crippen LogP contribution is -2.45. The quantitative estimate of drug-likeness (QED) is 0.582. The molecular formula is C18H30N4O2. The Morgan fingerprint density at radius 3 is 2.21 bits per heavy atom. The van der Waals surface area contributed by atoms with Crippen LogP contribution in [-0.2, 0) is 11.2 Å². The van der Waals surface area contributed by atoms with Crippen LogP contribution < -0.4 is 16.4 Å². The molecule has 1 aromatic carbocycles. The van der Waals surface area contributed by atoms with Crippen LogP contribution >= 0.6 is 0 Å². The minimum Gasteiger partial charge on any atom is -0.444 e. The number of nitrogens with two attached hydrogens (primary N) is 1. The molecule has 24 heavy (non-hydrogen) atoms. The van der Waals surface area contributed by atoms with Crippen LogP contribution in [-0.4, -0.2) is 29.7 Å². The number of hydrogen-bond acceptors (Lipinski definition) is 3. The Morgan fingerprint density at radius 2 is 1.71 bits per heavy atom. The average molecular weight is 334 g/mol. The van der Waals surface area contributed by atoms with E-state index in [2.05, 4.69) is 15.6 Å². The second-order valence-electron chi connectivity index (χ2n) is 7.72. The highest BCUT2D eigenvalue weighted by atomic mass is 16.6. The summed E-state index contributed by atoms with van der Waals surface area (Å²) in [5, 5.41) is 5.83. The largest absolute Gasteiger partial charge is 0.444 e. The van der Waals surface area contributed by atoms with E-state index in [-0.39, 0.29) is 5.54 Å². The summed E-state index contributed by atoms with van der Waals surface area (Å²) in [7, 11) is 0. The lowest BCUT2D eigenvalue weighted by atomic mass is 10.1. The molecule has 6 nitrogen and oxygen atoms in total. The Hall–Kier alpha value is -2.24. The third kappa shape index (κ3) is 9.02. The fraction of sp³-hybridized carbons (Fsp3) is 0.556. The topological polar surface area (TPSA) is 88.7 Å². The molecule has 0 aliphatic rings. The standard InChI is InChI=1S/C18H30N4O2/c1-17(2,3)22-15(19)20-12-11-13-7-9-14(10-8-13)21-16(23)24-18(4,5)6/h7-10H,11-12H2,1-6H3,(H,21,23)(H3,19,20,22). The van der Waals surface area contributed by atoms with Crippen molar-refractivity contribution >= 4 is 17.7 Å². The molecular weight excluding hydrogens is 304 g/mol. The van der Waals surface area contributed by atoms with Crippen molar-refractivity contribution in [3.8, 4) is 0 Å². The molecule has 1 rings (SSSR count). The van der Waals surface area contributed by atoms with Crippen molar-refractivity contribution in [2.45, 2.75) is 59.1 Å². The summed E-state index contributed by atoms with van der Waals surface area (Å²) < 4.78 is 5.21. The number of ether oxygens (including phenoxy) is 1. The summed E-state index contributed by atoms with van der Waals surface area (Å²) in [6.07, 6.45) is 0.320. The Balaban J connectivity index is 2.48. The van der Waals surface area contributed by atoms with Crippen LogP contribution in [0.5, 0.6) is 0 Å². The smallest absolute Gasteiger partial charge is 0.412 e. The number of rotatable bonds is 4. The molecule has 0 radical (unpaired) electrons. The van der Waals surface area contributed by atoms with Gasteiger partial charge in [0.25, 0.3) is 0 Å². The first-order chi connectivity index (χ1) is 10.9. The van der Waals surface area contributed by atoms with E-state index in [1.165, 1.54) is 0 Å². The molecule has 0 atom stereocenters. The highest BCUT2D eigenvalue weighted by molar-refractivity contribution is 5.84. The van der Waals surface area contributed by atoms with E-state index in [0.29, 0.717) is 18.2 Å². The number of benzene rings is 1. The van der Waals surface area contributed by atoms with Gasteiger partial charge in [-0.2, -0.15) is 0 Å². The van der Waals surface area contributed by atoms with E-state index in [4.69, 9.17) is 10.5 Å². The lowest BCUT2D eigenvalue weighted by Gasteiger charge is -2.21. The van der Waals surface area contributed by atoms with Gasteiger partial charge in [0.15, 0.2) is 5.96 Å². The van der Waals surface area contributed by atoms with Crippen LogP contribution in [0.4, 0.5) is 10.5 Å². The van der Waals surface area contributed by atoms with E-state index >= 15 is 0 Å². The number of aliphatic imine (C=N–C) groups is 1.